The molecule has 21 heavy (non-hydrogen) atoms. The first-order valence-corrected chi connectivity index (χ1v) is 6.59. The normalized spacial score (nSPS) is 17.4. The van der Waals surface area contributed by atoms with E-state index in [1.807, 2.05) is 12.1 Å². The molecule has 0 bridgehead atoms. The molecule has 1 saturated heterocycles. The van der Waals surface area contributed by atoms with Gasteiger partial charge in [0.1, 0.15) is 11.6 Å². The number of methoxy groups -OCH3 is 1. The highest BCUT2D eigenvalue weighted by Crippen LogP contribution is 2.33. The molecule has 1 aromatic carbocycles. The van der Waals surface area contributed by atoms with Gasteiger partial charge in [-0.1, -0.05) is 12.1 Å². The topological polar surface area (TPSA) is 79.7 Å². The zero-order valence-corrected chi connectivity index (χ0v) is 11.4. The number of nitrogens with zero attached hydrogens (tertiary/aromatic N) is 2. The summed E-state index contributed by atoms with van der Waals surface area (Å²) in [6.07, 6.45) is 2.22. The second-order valence-corrected chi connectivity index (χ2v) is 4.86. The number of rotatable bonds is 3. The summed E-state index contributed by atoms with van der Waals surface area (Å²) in [7, 11) is 1.33. The summed E-state index contributed by atoms with van der Waals surface area (Å²) in [6, 6.07) is 6.69. The van der Waals surface area contributed by atoms with E-state index in [0.29, 0.717) is 24.2 Å². The van der Waals surface area contributed by atoms with Gasteiger partial charge < -0.3 is 14.7 Å². The smallest absolute Gasteiger partial charge is 0.340 e. The van der Waals surface area contributed by atoms with E-state index in [4.69, 9.17) is 4.74 Å². The molecule has 1 aliphatic heterocycles. The Balaban J connectivity index is 2.13. The summed E-state index contributed by atoms with van der Waals surface area (Å²) >= 11 is 0. The molecule has 0 spiro atoms. The number of pyridine rings is 1. The first-order valence-electron chi connectivity index (χ1n) is 6.59. The molecule has 0 aliphatic carbocycles. The van der Waals surface area contributed by atoms with Gasteiger partial charge in [-0.3, -0.25) is 4.98 Å². The number of ether oxygens (including phenoxy) is 1. The Morgan fingerprint density at radius 1 is 1.38 bits per heavy atom. The van der Waals surface area contributed by atoms with Gasteiger partial charge in [0.15, 0.2) is 0 Å². The van der Waals surface area contributed by atoms with Crippen LogP contribution in [0, 0.1) is 0 Å². The first kappa shape index (κ1) is 13.4. The zero-order chi connectivity index (χ0) is 15.0. The Bertz CT molecular complexity index is 729. The van der Waals surface area contributed by atoms with Crippen LogP contribution in [-0.2, 0) is 9.53 Å². The van der Waals surface area contributed by atoms with Crippen LogP contribution in [0.3, 0.4) is 0 Å². The van der Waals surface area contributed by atoms with Gasteiger partial charge in [0.2, 0.25) is 0 Å². The number of carboxylic acid groups (broad SMARTS) is 1. The molecular formula is C15H14N2O4. The van der Waals surface area contributed by atoms with Gasteiger partial charge in [-0.2, -0.15) is 0 Å². The second-order valence-electron chi connectivity index (χ2n) is 4.86. The standard InChI is InChI=1S/C15H14N2O4/c1-21-15(20)11-6-8-17(11)10-5-4-9-3-2-7-16-13(9)12(10)14(18)19/h2-5,7,11H,6,8H2,1H3,(H,18,19). The highest BCUT2D eigenvalue weighted by atomic mass is 16.5. The number of carbonyl (C=O) groups is 2. The van der Waals surface area contributed by atoms with Gasteiger partial charge >= 0.3 is 11.9 Å². The number of benzene rings is 1. The average molecular weight is 286 g/mol. The van der Waals surface area contributed by atoms with Crippen LogP contribution in [-0.4, -0.2) is 41.7 Å². The van der Waals surface area contributed by atoms with Gasteiger partial charge in [-0.15, -0.1) is 0 Å². The lowest BCUT2D eigenvalue weighted by molar-refractivity contribution is -0.143. The van der Waals surface area contributed by atoms with Crippen LogP contribution in [0.2, 0.25) is 0 Å². The third-order valence-electron chi connectivity index (χ3n) is 3.77. The molecule has 108 valence electrons. The maximum atomic E-state index is 11.7. The molecule has 1 aliphatic rings. The summed E-state index contributed by atoms with van der Waals surface area (Å²) < 4.78 is 4.75. The van der Waals surface area contributed by atoms with Crippen molar-refractivity contribution < 1.29 is 19.4 Å². The Kier molecular flexibility index (Phi) is 3.21. The highest BCUT2D eigenvalue weighted by molar-refractivity contribution is 6.07. The Labute approximate surface area is 121 Å². The van der Waals surface area contributed by atoms with Crippen LogP contribution in [0.4, 0.5) is 5.69 Å². The lowest BCUT2D eigenvalue weighted by Gasteiger charge is -2.41. The van der Waals surface area contributed by atoms with Crippen molar-refractivity contribution >= 4 is 28.5 Å². The van der Waals surface area contributed by atoms with Gasteiger partial charge in [0.05, 0.1) is 18.3 Å². The number of aromatic carboxylic acids is 1. The van der Waals surface area contributed by atoms with Crippen molar-refractivity contribution in [1.29, 1.82) is 0 Å². The summed E-state index contributed by atoms with van der Waals surface area (Å²) in [5.74, 6) is -1.40. The molecular weight excluding hydrogens is 272 g/mol. The Morgan fingerprint density at radius 2 is 2.19 bits per heavy atom. The maximum Gasteiger partial charge on any atom is 0.340 e. The van der Waals surface area contributed by atoms with Crippen molar-refractivity contribution in [2.45, 2.75) is 12.5 Å². The second kappa shape index (κ2) is 5.05. The molecule has 2 aromatic rings. The lowest BCUT2D eigenvalue weighted by Crippen LogP contribution is -2.53. The number of carbonyl (C=O) groups excluding carboxylic acids is 1. The quantitative estimate of drug-likeness (QED) is 0.865. The Hall–Kier alpha value is -2.63. The molecule has 1 N–H and O–H groups in total. The van der Waals surface area contributed by atoms with E-state index in [9.17, 15) is 14.7 Å². The van der Waals surface area contributed by atoms with E-state index in [0.717, 1.165) is 5.39 Å². The third-order valence-corrected chi connectivity index (χ3v) is 3.77. The number of aromatic nitrogens is 1. The van der Waals surface area contributed by atoms with E-state index in [2.05, 4.69) is 4.98 Å². The highest BCUT2D eigenvalue weighted by Gasteiger charge is 2.37. The monoisotopic (exact) mass is 286 g/mol. The van der Waals surface area contributed by atoms with Crippen molar-refractivity contribution in [3.8, 4) is 0 Å². The number of esters is 1. The molecule has 1 unspecified atom stereocenters. The van der Waals surface area contributed by atoms with Crippen LogP contribution in [0.25, 0.3) is 10.9 Å². The number of fused-ring (bicyclic) bond motifs is 1. The van der Waals surface area contributed by atoms with Crippen LogP contribution < -0.4 is 4.90 Å². The van der Waals surface area contributed by atoms with Crippen molar-refractivity contribution in [1.82, 2.24) is 4.98 Å². The molecule has 1 atom stereocenters. The number of hydrogen-bond donors (Lipinski definition) is 1. The fourth-order valence-electron chi connectivity index (χ4n) is 2.64. The number of carboxylic acids is 1. The average Bonchev–Trinajstić information content (AvgIpc) is 2.45. The largest absolute Gasteiger partial charge is 0.478 e. The van der Waals surface area contributed by atoms with Crippen LogP contribution >= 0.6 is 0 Å². The first-order chi connectivity index (χ1) is 10.1. The SMILES string of the molecule is COC(=O)C1CCN1c1ccc2cccnc2c1C(=O)O. The summed E-state index contributed by atoms with van der Waals surface area (Å²) in [5, 5.41) is 10.3. The molecule has 0 radical (unpaired) electrons. The zero-order valence-electron chi connectivity index (χ0n) is 11.4. The van der Waals surface area contributed by atoms with Crippen molar-refractivity contribution in [2.75, 3.05) is 18.6 Å². The van der Waals surface area contributed by atoms with Gasteiger partial charge in [0, 0.05) is 18.1 Å². The van der Waals surface area contributed by atoms with E-state index in [1.54, 1.807) is 23.2 Å². The van der Waals surface area contributed by atoms with E-state index >= 15 is 0 Å². The molecule has 0 amide bonds. The van der Waals surface area contributed by atoms with Crippen molar-refractivity contribution in [3.63, 3.8) is 0 Å². The maximum absolute atomic E-state index is 11.7. The summed E-state index contributed by atoms with van der Waals surface area (Å²) in [5.41, 5.74) is 1.06. The fourth-order valence-corrected chi connectivity index (χ4v) is 2.64. The molecule has 0 saturated carbocycles. The van der Waals surface area contributed by atoms with Gasteiger partial charge in [-0.05, 0) is 18.6 Å². The van der Waals surface area contributed by atoms with Crippen LogP contribution in [0.15, 0.2) is 30.5 Å². The molecule has 6 nitrogen and oxygen atoms in total. The van der Waals surface area contributed by atoms with E-state index < -0.39 is 12.0 Å². The minimum Gasteiger partial charge on any atom is -0.478 e. The van der Waals surface area contributed by atoms with E-state index in [1.165, 1.54) is 7.11 Å². The summed E-state index contributed by atoms with van der Waals surface area (Å²) in [4.78, 5) is 29.3. The van der Waals surface area contributed by atoms with Crippen molar-refractivity contribution in [2.24, 2.45) is 0 Å². The number of anilines is 1. The molecule has 2 heterocycles. The molecule has 1 fully saturated rings. The van der Waals surface area contributed by atoms with Crippen molar-refractivity contribution in [3.05, 3.63) is 36.0 Å². The molecule has 1 aromatic heterocycles. The third kappa shape index (κ3) is 2.08. The predicted molar refractivity (Wildman–Crippen MR) is 76.5 cm³/mol. The Morgan fingerprint density at radius 3 is 2.81 bits per heavy atom. The number of hydrogen-bond acceptors (Lipinski definition) is 5. The van der Waals surface area contributed by atoms with Gasteiger partial charge in [-0.25, -0.2) is 9.59 Å². The lowest BCUT2D eigenvalue weighted by atomic mass is 9.98. The van der Waals surface area contributed by atoms with Crippen LogP contribution in [0.1, 0.15) is 16.8 Å². The van der Waals surface area contributed by atoms with Crippen LogP contribution in [0.5, 0.6) is 0 Å². The molecule has 3 rings (SSSR count). The van der Waals surface area contributed by atoms with Gasteiger partial charge in [0.25, 0.3) is 0 Å². The fraction of sp³-hybridized carbons (Fsp3) is 0.267. The predicted octanol–water partition coefficient (Wildman–Crippen LogP) is 1.68. The minimum atomic E-state index is -1.05. The summed E-state index contributed by atoms with van der Waals surface area (Å²) in [6.45, 7) is 0.623. The minimum absolute atomic E-state index is 0.127. The molecule has 6 heteroatoms. The van der Waals surface area contributed by atoms with E-state index in [-0.39, 0.29) is 11.5 Å².